The van der Waals surface area contributed by atoms with Gasteiger partial charge in [-0.25, -0.2) is 4.68 Å². The van der Waals surface area contributed by atoms with Crippen LogP contribution < -0.4 is 5.32 Å². The molecule has 8 heteroatoms. The highest BCUT2D eigenvalue weighted by Crippen LogP contribution is 2.30. The number of carbonyl (C=O) groups is 1. The zero-order valence-corrected chi connectivity index (χ0v) is 20.3. The van der Waals surface area contributed by atoms with Crippen molar-refractivity contribution in [2.24, 2.45) is 0 Å². The Balaban J connectivity index is 0.00000320. The third kappa shape index (κ3) is 5.76. The third-order valence-corrected chi connectivity index (χ3v) is 6.58. The first kappa shape index (κ1) is 24.7. The molecule has 3 aromatic rings. The molecule has 30 heavy (non-hydrogen) atoms. The molecule has 0 aliphatic rings. The van der Waals surface area contributed by atoms with Crippen LogP contribution in [-0.4, -0.2) is 46.3 Å². The maximum absolute atomic E-state index is 12.8. The van der Waals surface area contributed by atoms with Crippen molar-refractivity contribution in [1.29, 1.82) is 0 Å². The summed E-state index contributed by atoms with van der Waals surface area (Å²) in [5.41, 5.74) is 1.85. The summed E-state index contributed by atoms with van der Waals surface area (Å²) in [7, 11) is 0. The van der Waals surface area contributed by atoms with Crippen molar-refractivity contribution in [2.45, 2.75) is 46.6 Å². The normalized spacial score (nSPS) is 12.2. The topological polar surface area (TPSA) is 50.2 Å². The van der Waals surface area contributed by atoms with E-state index in [0.29, 0.717) is 5.02 Å². The zero-order chi connectivity index (χ0) is 21.0. The molecule has 5 nitrogen and oxygen atoms in total. The van der Waals surface area contributed by atoms with Crippen molar-refractivity contribution in [3.8, 4) is 5.69 Å². The molecule has 1 atom stereocenters. The predicted octanol–water partition coefficient (Wildman–Crippen LogP) is 5.71. The molecular weight excluding hydrogens is 439 g/mol. The second kappa shape index (κ2) is 11.1. The minimum atomic E-state index is -0.0106. The molecule has 2 heterocycles. The number of aryl methyl sites for hydroxylation is 1. The fourth-order valence-electron chi connectivity index (χ4n) is 3.44. The van der Waals surface area contributed by atoms with Gasteiger partial charge in [0.15, 0.2) is 0 Å². The highest BCUT2D eigenvalue weighted by atomic mass is 35.5. The third-order valence-electron chi connectivity index (χ3n) is 5.22. The van der Waals surface area contributed by atoms with Gasteiger partial charge in [0.25, 0.3) is 5.91 Å². The largest absolute Gasteiger partial charge is 0.349 e. The minimum Gasteiger partial charge on any atom is -0.349 e. The van der Waals surface area contributed by atoms with Crippen LogP contribution in [0.5, 0.6) is 0 Å². The van der Waals surface area contributed by atoms with E-state index in [1.54, 1.807) is 0 Å². The monoisotopic (exact) mass is 468 g/mol. The van der Waals surface area contributed by atoms with E-state index in [4.69, 9.17) is 11.6 Å². The Morgan fingerprint density at radius 1 is 1.27 bits per heavy atom. The van der Waals surface area contributed by atoms with Crippen LogP contribution in [0.15, 0.2) is 30.3 Å². The number of amides is 1. The fourth-order valence-corrected chi connectivity index (χ4v) is 4.66. The maximum atomic E-state index is 12.8. The molecule has 3 rings (SSSR count). The molecule has 0 aliphatic heterocycles. The van der Waals surface area contributed by atoms with Crippen LogP contribution in [-0.2, 0) is 0 Å². The van der Waals surface area contributed by atoms with E-state index in [-0.39, 0.29) is 24.4 Å². The number of carbonyl (C=O) groups excluding carboxylic acids is 1. The van der Waals surface area contributed by atoms with E-state index in [1.807, 2.05) is 41.9 Å². The van der Waals surface area contributed by atoms with Gasteiger partial charge in [-0.15, -0.1) is 23.7 Å². The molecule has 164 valence electrons. The Hall–Kier alpha value is -1.60. The van der Waals surface area contributed by atoms with E-state index in [0.717, 1.165) is 59.0 Å². The summed E-state index contributed by atoms with van der Waals surface area (Å²) >= 11 is 7.48. The van der Waals surface area contributed by atoms with E-state index in [9.17, 15) is 4.79 Å². The van der Waals surface area contributed by atoms with Crippen LogP contribution in [0, 0.1) is 6.92 Å². The van der Waals surface area contributed by atoms with Gasteiger partial charge in [-0.1, -0.05) is 25.4 Å². The van der Waals surface area contributed by atoms with Crippen LogP contribution >= 0.6 is 35.3 Å². The van der Waals surface area contributed by atoms with Gasteiger partial charge in [0.1, 0.15) is 4.83 Å². The number of nitrogens with one attached hydrogen (secondary N) is 1. The summed E-state index contributed by atoms with van der Waals surface area (Å²) < 4.78 is 1.88. The first-order valence-electron chi connectivity index (χ1n) is 10.2. The van der Waals surface area contributed by atoms with Crippen molar-refractivity contribution in [1.82, 2.24) is 20.0 Å². The smallest absolute Gasteiger partial charge is 0.261 e. The Bertz CT molecular complexity index is 964. The number of benzene rings is 1. The molecule has 0 spiro atoms. The van der Waals surface area contributed by atoms with Crippen LogP contribution in [0.1, 0.15) is 49.0 Å². The Kier molecular flexibility index (Phi) is 9.16. The first-order chi connectivity index (χ1) is 13.9. The van der Waals surface area contributed by atoms with Gasteiger partial charge < -0.3 is 10.2 Å². The lowest BCUT2D eigenvalue weighted by Crippen LogP contribution is -2.33. The number of hydrogen-bond acceptors (Lipinski definition) is 4. The van der Waals surface area contributed by atoms with Crippen LogP contribution in [0.25, 0.3) is 15.9 Å². The van der Waals surface area contributed by atoms with Gasteiger partial charge >= 0.3 is 0 Å². The lowest BCUT2D eigenvalue weighted by molar-refractivity contribution is 0.0941. The van der Waals surface area contributed by atoms with Gasteiger partial charge in [-0.3, -0.25) is 4.79 Å². The average molecular weight is 469 g/mol. The number of fused-ring (bicyclic) bond motifs is 1. The van der Waals surface area contributed by atoms with E-state index in [2.05, 4.69) is 36.1 Å². The SMILES string of the molecule is CCN(CC)CCCC(C)NC(=O)c1cc2c(C)nn(-c3ccc(Cl)cc3)c2s1.Cl. The first-order valence-corrected chi connectivity index (χ1v) is 11.4. The molecule has 2 aromatic heterocycles. The number of nitrogens with zero attached hydrogens (tertiary/aromatic N) is 3. The summed E-state index contributed by atoms with van der Waals surface area (Å²) in [6, 6.07) is 9.67. The summed E-state index contributed by atoms with van der Waals surface area (Å²) in [5.74, 6) is -0.0106. The second-order valence-electron chi connectivity index (χ2n) is 7.35. The molecule has 1 unspecified atom stereocenters. The zero-order valence-electron chi connectivity index (χ0n) is 17.9. The Morgan fingerprint density at radius 2 is 1.93 bits per heavy atom. The van der Waals surface area contributed by atoms with Gasteiger partial charge in [0, 0.05) is 16.5 Å². The van der Waals surface area contributed by atoms with Crippen molar-refractivity contribution in [3.05, 3.63) is 45.9 Å². The summed E-state index contributed by atoms with van der Waals surface area (Å²) in [6.07, 6.45) is 2.06. The van der Waals surface area contributed by atoms with E-state index >= 15 is 0 Å². The van der Waals surface area contributed by atoms with E-state index < -0.39 is 0 Å². The maximum Gasteiger partial charge on any atom is 0.261 e. The van der Waals surface area contributed by atoms with Crippen molar-refractivity contribution < 1.29 is 4.79 Å². The van der Waals surface area contributed by atoms with Gasteiger partial charge in [-0.2, -0.15) is 5.10 Å². The molecule has 0 aliphatic carbocycles. The molecule has 1 amide bonds. The standard InChI is InChI=1S/C22H29ClN4OS.ClH/c1-5-26(6-2)13-7-8-15(3)24-21(28)20-14-19-16(4)25-27(22(19)29-20)18-11-9-17(23)10-12-18;/h9-12,14-15H,5-8,13H2,1-4H3,(H,24,28);1H. The van der Waals surface area contributed by atoms with Gasteiger partial charge in [-0.05, 0) is 76.7 Å². The Labute approximate surface area is 193 Å². The molecular formula is C22H30Cl2N4OS. The van der Waals surface area contributed by atoms with Crippen LogP contribution in [0.3, 0.4) is 0 Å². The van der Waals surface area contributed by atoms with Crippen molar-refractivity contribution in [2.75, 3.05) is 19.6 Å². The molecule has 1 N–H and O–H groups in total. The molecule has 1 aromatic carbocycles. The molecule has 0 radical (unpaired) electrons. The number of thiophene rings is 1. The van der Waals surface area contributed by atoms with Crippen LogP contribution in [0.4, 0.5) is 0 Å². The van der Waals surface area contributed by atoms with Crippen molar-refractivity contribution in [3.63, 3.8) is 0 Å². The summed E-state index contributed by atoms with van der Waals surface area (Å²) in [5, 5.41) is 9.49. The van der Waals surface area contributed by atoms with E-state index in [1.165, 1.54) is 11.3 Å². The van der Waals surface area contributed by atoms with Crippen LogP contribution in [0.2, 0.25) is 5.02 Å². The average Bonchev–Trinajstić information content (AvgIpc) is 3.27. The molecule has 0 saturated carbocycles. The number of halogens is 2. The molecule has 0 fully saturated rings. The van der Waals surface area contributed by atoms with Crippen molar-refractivity contribution >= 4 is 51.5 Å². The van der Waals surface area contributed by atoms with Gasteiger partial charge in [0.2, 0.25) is 0 Å². The highest BCUT2D eigenvalue weighted by molar-refractivity contribution is 7.20. The Morgan fingerprint density at radius 3 is 2.57 bits per heavy atom. The summed E-state index contributed by atoms with van der Waals surface area (Å²) in [4.78, 5) is 16.9. The number of hydrogen-bond donors (Lipinski definition) is 1. The predicted molar refractivity (Wildman–Crippen MR) is 130 cm³/mol. The lowest BCUT2D eigenvalue weighted by Gasteiger charge is -2.19. The summed E-state index contributed by atoms with van der Waals surface area (Å²) in [6.45, 7) is 11.6. The second-order valence-corrected chi connectivity index (χ2v) is 8.81. The molecule has 0 bridgehead atoms. The molecule has 0 saturated heterocycles. The van der Waals surface area contributed by atoms with Gasteiger partial charge in [0.05, 0.1) is 16.3 Å². The number of rotatable bonds is 9. The number of aromatic nitrogens is 2. The highest BCUT2D eigenvalue weighted by Gasteiger charge is 2.18. The fraction of sp³-hybridized carbons (Fsp3) is 0.455. The minimum absolute atomic E-state index is 0. The quantitative estimate of drug-likeness (QED) is 0.437. The lowest BCUT2D eigenvalue weighted by atomic mass is 10.1.